The molecule has 0 radical (unpaired) electrons. The average molecular weight is 571 g/mol. The van der Waals surface area contributed by atoms with Gasteiger partial charge in [-0.05, 0) is 64.8 Å². The van der Waals surface area contributed by atoms with Gasteiger partial charge in [-0.3, -0.25) is 24.3 Å². The smallest absolute Gasteiger partial charge is 0.276 e. The van der Waals surface area contributed by atoms with Gasteiger partial charge in [-0.25, -0.2) is 4.68 Å². The molecule has 222 valence electrons. The van der Waals surface area contributed by atoms with Crippen molar-refractivity contribution >= 4 is 17.3 Å². The van der Waals surface area contributed by atoms with Gasteiger partial charge in [0.15, 0.2) is 5.69 Å². The summed E-state index contributed by atoms with van der Waals surface area (Å²) in [4.78, 5) is 27.1. The first-order valence-corrected chi connectivity index (χ1v) is 14.8. The van der Waals surface area contributed by atoms with Crippen LogP contribution in [0.4, 0.5) is 11.4 Å². The molecule has 0 aromatic carbocycles. The lowest BCUT2D eigenvalue weighted by Gasteiger charge is -2.35. The van der Waals surface area contributed by atoms with Crippen LogP contribution in [-0.4, -0.2) is 78.3 Å². The van der Waals surface area contributed by atoms with Crippen molar-refractivity contribution in [2.75, 3.05) is 42.9 Å². The fourth-order valence-electron chi connectivity index (χ4n) is 5.27. The Morgan fingerprint density at radius 1 is 1.05 bits per heavy atom. The molecule has 1 N–H and O–H groups in total. The molecule has 1 fully saturated rings. The number of piperazine rings is 1. The van der Waals surface area contributed by atoms with Crippen LogP contribution in [-0.2, 0) is 5.54 Å². The summed E-state index contributed by atoms with van der Waals surface area (Å²) in [5.41, 5.74) is 5.92. The summed E-state index contributed by atoms with van der Waals surface area (Å²) >= 11 is 0. The molecule has 0 unspecified atom stereocenters. The van der Waals surface area contributed by atoms with Gasteiger partial charge >= 0.3 is 0 Å². The van der Waals surface area contributed by atoms with Crippen molar-refractivity contribution in [3.05, 3.63) is 60.1 Å². The van der Waals surface area contributed by atoms with Gasteiger partial charge < -0.3 is 10.2 Å². The summed E-state index contributed by atoms with van der Waals surface area (Å²) in [5, 5.41) is 16.4. The summed E-state index contributed by atoms with van der Waals surface area (Å²) < 4.78 is 3.62. The highest BCUT2D eigenvalue weighted by molar-refractivity contribution is 6.03. The summed E-state index contributed by atoms with van der Waals surface area (Å²) in [7, 11) is 0. The Balaban J connectivity index is 1.33. The Hall–Kier alpha value is -4.12. The van der Waals surface area contributed by atoms with Gasteiger partial charge in [0.25, 0.3) is 5.91 Å². The second-order valence-electron chi connectivity index (χ2n) is 12.3. The molecule has 11 nitrogen and oxygen atoms in total. The van der Waals surface area contributed by atoms with Crippen LogP contribution in [0.5, 0.6) is 0 Å². The first-order valence-electron chi connectivity index (χ1n) is 14.8. The Labute approximate surface area is 248 Å². The Morgan fingerprint density at radius 3 is 2.48 bits per heavy atom. The van der Waals surface area contributed by atoms with Crippen LogP contribution in [0.2, 0.25) is 0 Å². The van der Waals surface area contributed by atoms with Crippen LogP contribution in [0.15, 0.2) is 43.0 Å². The van der Waals surface area contributed by atoms with Crippen LogP contribution in [0.3, 0.4) is 0 Å². The quantitative estimate of drug-likeness (QED) is 0.319. The molecule has 1 aliphatic rings. The fourth-order valence-corrected chi connectivity index (χ4v) is 5.27. The summed E-state index contributed by atoms with van der Waals surface area (Å²) in [6.07, 6.45) is 8.42. The van der Waals surface area contributed by atoms with E-state index in [1.807, 2.05) is 42.3 Å². The number of nitrogens with zero attached hydrogens (tertiary/aromatic N) is 9. The van der Waals surface area contributed by atoms with Crippen molar-refractivity contribution in [2.24, 2.45) is 0 Å². The van der Waals surface area contributed by atoms with Crippen LogP contribution < -0.4 is 10.2 Å². The van der Waals surface area contributed by atoms with Crippen molar-refractivity contribution in [1.29, 1.82) is 0 Å². The lowest BCUT2D eigenvalue weighted by atomic mass is 10.1. The second-order valence-corrected chi connectivity index (χ2v) is 12.3. The third-order valence-electron chi connectivity index (χ3n) is 7.55. The summed E-state index contributed by atoms with van der Waals surface area (Å²) in [6, 6.07) is 5.85. The minimum atomic E-state index is -0.283. The summed E-state index contributed by atoms with van der Waals surface area (Å²) in [6.45, 7) is 19.8. The molecule has 1 aliphatic heterocycles. The monoisotopic (exact) mass is 570 g/mol. The Kier molecular flexibility index (Phi) is 8.40. The first kappa shape index (κ1) is 29.4. The second kappa shape index (κ2) is 12.0. The van der Waals surface area contributed by atoms with E-state index >= 15 is 0 Å². The maximum atomic E-state index is 13.2. The zero-order valence-corrected chi connectivity index (χ0v) is 25.8. The van der Waals surface area contributed by atoms with Crippen molar-refractivity contribution in [1.82, 2.24) is 39.6 Å². The lowest BCUT2D eigenvalue weighted by Crippen LogP contribution is -2.46. The Bertz CT molecular complexity index is 1540. The van der Waals surface area contributed by atoms with Gasteiger partial charge in [0.1, 0.15) is 5.69 Å². The van der Waals surface area contributed by atoms with Gasteiger partial charge in [0.05, 0.1) is 46.9 Å². The van der Waals surface area contributed by atoms with Crippen molar-refractivity contribution in [3.63, 3.8) is 0 Å². The number of aromatic nitrogens is 7. The molecular formula is C31H42N10O. The number of anilines is 2. The number of carbonyl (C=O) groups excluding carboxylic acids is 1. The van der Waals surface area contributed by atoms with E-state index in [9.17, 15) is 4.79 Å². The predicted molar refractivity (Wildman–Crippen MR) is 165 cm³/mol. The fraction of sp³-hybridized carbons (Fsp3) is 0.484. The standard InChI is InChI=1S/C31H42N10O/c1-8-9-38-10-12-39(13-11-38)25-14-23(17-32-19-25)27-20-40(37-35-27)29-15-24(18-33-22(29)4)34-30(42)26-16-28(21(2)3)41(36-26)31(5,6)7/h14-21H,8-13H2,1-7H3,(H,34,42). The molecule has 11 heteroatoms. The van der Waals surface area contributed by atoms with Crippen LogP contribution >= 0.6 is 0 Å². The normalized spacial score (nSPS) is 14.5. The highest BCUT2D eigenvalue weighted by Gasteiger charge is 2.24. The zero-order valence-electron chi connectivity index (χ0n) is 25.8. The average Bonchev–Trinajstić information content (AvgIpc) is 3.64. The van der Waals surface area contributed by atoms with Gasteiger partial charge in [0, 0.05) is 43.6 Å². The number of pyridine rings is 2. The van der Waals surface area contributed by atoms with E-state index in [1.165, 1.54) is 6.42 Å². The van der Waals surface area contributed by atoms with E-state index in [2.05, 4.69) is 88.1 Å². The number of hydrogen-bond acceptors (Lipinski definition) is 8. The molecule has 0 saturated carbocycles. The molecule has 0 aliphatic carbocycles. The molecule has 1 amide bonds. The van der Waals surface area contributed by atoms with E-state index in [4.69, 9.17) is 0 Å². The van der Waals surface area contributed by atoms with Gasteiger partial charge in [-0.15, -0.1) is 5.10 Å². The summed E-state index contributed by atoms with van der Waals surface area (Å²) in [5.74, 6) is -0.0477. The third kappa shape index (κ3) is 6.35. The molecular weight excluding hydrogens is 528 g/mol. The number of nitrogens with one attached hydrogen (secondary N) is 1. The number of aryl methyl sites for hydroxylation is 1. The van der Waals surface area contributed by atoms with E-state index in [-0.39, 0.29) is 17.4 Å². The highest BCUT2D eigenvalue weighted by atomic mass is 16.2. The molecule has 1 saturated heterocycles. The molecule has 5 rings (SSSR count). The molecule has 4 aromatic rings. The van der Waals surface area contributed by atoms with E-state index in [1.54, 1.807) is 10.9 Å². The molecule has 5 heterocycles. The SMILES string of the molecule is CCCN1CCN(c2cncc(-c3cn(-c4cc(NC(=O)c5cc(C(C)C)n(C(C)(C)C)n5)cnc4C)nn3)c2)CC1. The lowest BCUT2D eigenvalue weighted by molar-refractivity contribution is 0.102. The van der Waals surface area contributed by atoms with Gasteiger partial charge in [-0.2, -0.15) is 5.10 Å². The minimum absolute atomic E-state index is 0.235. The van der Waals surface area contributed by atoms with E-state index in [0.717, 1.165) is 66.7 Å². The van der Waals surface area contributed by atoms with Crippen molar-refractivity contribution in [2.45, 2.75) is 66.3 Å². The highest BCUT2D eigenvalue weighted by Crippen LogP contribution is 2.26. The van der Waals surface area contributed by atoms with Gasteiger partial charge in [-0.1, -0.05) is 26.0 Å². The van der Waals surface area contributed by atoms with Gasteiger partial charge in [0.2, 0.25) is 0 Å². The van der Waals surface area contributed by atoms with E-state index in [0.29, 0.717) is 11.4 Å². The predicted octanol–water partition coefficient (Wildman–Crippen LogP) is 4.89. The molecule has 0 spiro atoms. The number of amides is 1. The molecule has 0 bridgehead atoms. The van der Waals surface area contributed by atoms with E-state index < -0.39 is 0 Å². The third-order valence-corrected chi connectivity index (χ3v) is 7.55. The van der Waals surface area contributed by atoms with Crippen LogP contribution in [0, 0.1) is 6.92 Å². The Morgan fingerprint density at radius 2 is 1.81 bits per heavy atom. The maximum Gasteiger partial charge on any atom is 0.276 e. The molecule has 42 heavy (non-hydrogen) atoms. The molecule has 0 atom stereocenters. The van der Waals surface area contributed by atoms with Crippen molar-refractivity contribution in [3.8, 4) is 16.9 Å². The van der Waals surface area contributed by atoms with Crippen molar-refractivity contribution < 1.29 is 4.79 Å². The topological polar surface area (TPSA) is 110 Å². The zero-order chi connectivity index (χ0) is 30.0. The first-order chi connectivity index (χ1) is 20.0. The number of hydrogen-bond donors (Lipinski definition) is 1. The van der Waals surface area contributed by atoms with Crippen LogP contribution in [0.1, 0.15) is 75.8 Å². The molecule has 4 aromatic heterocycles. The minimum Gasteiger partial charge on any atom is -0.368 e. The number of rotatable bonds is 8. The van der Waals surface area contributed by atoms with Crippen LogP contribution in [0.25, 0.3) is 16.9 Å². The largest absolute Gasteiger partial charge is 0.368 e. The number of carbonyl (C=O) groups is 1. The maximum absolute atomic E-state index is 13.2.